The van der Waals surface area contributed by atoms with Crippen molar-refractivity contribution >= 4 is 23.2 Å². The summed E-state index contributed by atoms with van der Waals surface area (Å²) in [6.45, 7) is 7.35. The number of alkyl halides is 3. The van der Waals surface area contributed by atoms with Crippen molar-refractivity contribution in [2.24, 2.45) is 5.92 Å². The van der Waals surface area contributed by atoms with E-state index >= 15 is 0 Å². The second-order valence-corrected chi connectivity index (χ2v) is 8.74. The zero-order valence-corrected chi connectivity index (χ0v) is 20.1. The zero-order valence-electron chi connectivity index (χ0n) is 20.1. The molecule has 0 saturated carbocycles. The Balaban J connectivity index is 1.80. The molecule has 2 N–H and O–H groups in total. The fraction of sp³-hybridized carbons (Fsp3) is 0.462. The number of rotatable bonds is 9. The molecular weight excluding hydrogens is 459 g/mol. The Labute approximate surface area is 203 Å². The van der Waals surface area contributed by atoms with Gasteiger partial charge in [0.15, 0.2) is 0 Å². The normalized spacial score (nSPS) is 14.6. The van der Waals surface area contributed by atoms with Gasteiger partial charge in [-0.2, -0.15) is 13.2 Å². The van der Waals surface area contributed by atoms with E-state index in [9.17, 15) is 22.8 Å². The van der Waals surface area contributed by atoms with E-state index in [2.05, 4.69) is 22.5 Å². The Hall–Kier alpha value is -3.07. The largest absolute Gasteiger partial charge is 0.416 e. The molecule has 190 valence electrons. The lowest BCUT2D eigenvalue weighted by molar-refractivity contribution is -0.137. The first kappa shape index (κ1) is 26.5. The molecule has 0 bridgehead atoms. The number of amides is 2. The molecule has 0 unspecified atom stereocenters. The minimum atomic E-state index is -4.54. The molecule has 6 nitrogen and oxygen atoms in total. The third-order valence-electron chi connectivity index (χ3n) is 6.03. The maximum atomic E-state index is 13.1. The van der Waals surface area contributed by atoms with Gasteiger partial charge >= 0.3 is 6.18 Å². The summed E-state index contributed by atoms with van der Waals surface area (Å²) in [6, 6.07) is 9.27. The Morgan fingerprint density at radius 1 is 1.09 bits per heavy atom. The predicted molar refractivity (Wildman–Crippen MR) is 130 cm³/mol. The number of carbonyl (C=O) groups excluding carboxylic acids is 2. The van der Waals surface area contributed by atoms with Crippen LogP contribution in [0.2, 0.25) is 0 Å². The number of benzene rings is 2. The topological polar surface area (TPSA) is 70.7 Å². The van der Waals surface area contributed by atoms with Crippen LogP contribution in [0, 0.1) is 5.92 Å². The molecule has 0 aliphatic carbocycles. The van der Waals surface area contributed by atoms with E-state index in [0.717, 1.165) is 43.8 Å². The lowest BCUT2D eigenvalue weighted by Crippen LogP contribution is -2.35. The molecule has 1 aliphatic heterocycles. The number of anilines is 2. The number of hydrogen-bond donors (Lipinski definition) is 2. The van der Waals surface area contributed by atoms with Gasteiger partial charge in [0.2, 0.25) is 0 Å². The molecule has 35 heavy (non-hydrogen) atoms. The van der Waals surface area contributed by atoms with Crippen molar-refractivity contribution in [2.45, 2.75) is 39.3 Å². The van der Waals surface area contributed by atoms with Crippen molar-refractivity contribution in [3.63, 3.8) is 0 Å². The fourth-order valence-electron chi connectivity index (χ4n) is 3.98. The van der Waals surface area contributed by atoms with Crippen LogP contribution >= 0.6 is 0 Å². The summed E-state index contributed by atoms with van der Waals surface area (Å²) >= 11 is 0. The van der Waals surface area contributed by atoms with E-state index in [-0.39, 0.29) is 11.5 Å². The van der Waals surface area contributed by atoms with Crippen LogP contribution in [0.25, 0.3) is 0 Å². The maximum Gasteiger partial charge on any atom is 0.416 e. The number of nitrogens with one attached hydrogen (secondary N) is 2. The highest BCUT2D eigenvalue weighted by atomic mass is 19.4. The van der Waals surface area contributed by atoms with Gasteiger partial charge in [-0.3, -0.25) is 9.59 Å². The summed E-state index contributed by atoms with van der Waals surface area (Å²) in [4.78, 5) is 27.9. The van der Waals surface area contributed by atoms with Gasteiger partial charge in [-0.25, -0.2) is 0 Å². The van der Waals surface area contributed by atoms with Gasteiger partial charge in [-0.05, 0) is 68.5 Å². The lowest BCUT2D eigenvalue weighted by atomic mass is 9.97. The van der Waals surface area contributed by atoms with Gasteiger partial charge < -0.3 is 20.3 Å². The van der Waals surface area contributed by atoms with E-state index < -0.39 is 17.6 Å². The molecule has 1 aliphatic rings. The van der Waals surface area contributed by atoms with Crippen LogP contribution in [0.5, 0.6) is 0 Å². The van der Waals surface area contributed by atoms with Crippen molar-refractivity contribution in [1.82, 2.24) is 5.32 Å². The number of carbonyl (C=O) groups is 2. The van der Waals surface area contributed by atoms with Crippen LogP contribution < -0.4 is 15.5 Å². The second-order valence-electron chi connectivity index (χ2n) is 8.74. The molecule has 1 fully saturated rings. The quantitative estimate of drug-likeness (QED) is 0.464. The maximum absolute atomic E-state index is 13.1. The summed E-state index contributed by atoms with van der Waals surface area (Å²) in [7, 11) is 0. The van der Waals surface area contributed by atoms with Crippen molar-refractivity contribution in [2.75, 3.05) is 43.1 Å². The van der Waals surface area contributed by atoms with Crippen LogP contribution in [0.15, 0.2) is 42.5 Å². The number of ether oxygens (including phenoxy) is 1. The Bertz CT molecular complexity index is 1020. The van der Waals surface area contributed by atoms with Crippen LogP contribution in [0.4, 0.5) is 24.5 Å². The lowest BCUT2D eigenvalue weighted by Gasteiger charge is -2.33. The van der Waals surface area contributed by atoms with Crippen molar-refractivity contribution in [3.05, 3.63) is 59.2 Å². The first-order chi connectivity index (χ1) is 16.7. The highest BCUT2D eigenvalue weighted by Gasteiger charge is 2.31. The molecule has 0 radical (unpaired) electrons. The molecular formula is C26H32F3N3O3. The molecule has 2 aromatic carbocycles. The summed E-state index contributed by atoms with van der Waals surface area (Å²) in [5.74, 6) is -0.336. The smallest absolute Gasteiger partial charge is 0.382 e. The molecule has 0 spiro atoms. The number of nitrogens with zero attached hydrogens (tertiary/aromatic N) is 1. The van der Waals surface area contributed by atoms with Gasteiger partial charge in [0.25, 0.3) is 11.8 Å². The average Bonchev–Trinajstić information content (AvgIpc) is 2.84. The van der Waals surface area contributed by atoms with Crippen LogP contribution in [-0.4, -0.2) is 44.7 Å². The first-order valence-electron chi connectivity index (χ1n) is 11.9. The monoisotopic (exact) mass is 491 g/mol. The fourth-order valence-corrected chi connectivity index (χ4v) is 3.98. The van der Waals surface area contributed by atoms with Gasteiger partial charge in [-0.15, -0.1) is 0 Å². The van der Waals surface area contributed by atoms with Crippen LogP contribution in [0.1, 0.15) is 59.4 Å². The molecule has 1 heterocycles. The van der Waals surface area contributed by atoms with Crippen LogP contribution in [-0.2, 0) is 10.9 Å². The van der Waals surface area contributed by atoms with Gasteiger partial charge in [-0.1, -0.05) is 13.0 Å². The Kier molecular flexibility index (Phi) is 9.14. The van der Waals surface area contributed by atoms with Crippen molar-refractivity contribution in [1.29, 1.82) is 0 Å². The Morgan fingerprint density at radius 2 is 1.83 bits per heavy atom. The molecule has 9 heteroatoms. The summed E-state index contributed by atoms with van der Waals surface area (Å²) in [5, 5.41) is 5.53. The highest BCUT2D eigenvalue weighted by Crippen LogP contribution is 2.31. The third kappa shape index (κ3) is 7.45. The minimum absolute atomic E-state index is 0.115. The van der Waals surface area contributed by atoms with E-state index in [0.29, 0.717) is 43.3 Å². The second kappa shape index (κ2) is 12.1. The van der Waals surface area contributed by atoms with Gasteiger partial charge in [0.1, 0.15) is 0 Å². The van der Waals surface area contributed by atoms with Crippen molar-refractivity contribution in [3.8, 4) is 0 Å². The number of hydrogen-bond acceptors (Lipinski definition) is 4. The van der Waals surface area contributed by atoms with E-state index in [1.165, 1.54) is 12.1 Å². The molecule has 3 rings (SSSR count). The minimum Gasteiger partial charge on any atom is -0.382 e. The summed E-state index contributed by atoms with van der Waals surface area (Å²) in [6.07, 6.45) is -1.84. The summed E-state index contributed by atoms with van der Waals surface area (Å²) in [5.41, 5.74) is 0.512. The molecule has 2 amide bonds. The molecule has 0 aromatic heterocycles. The standard InChI is InChI=1S/C26H32F3N3O3/c1-3-35-15-5-12-30-25(34)22-17-21(8-9-23(22)32-13-10-18(2)11-14-32)31-24(33)19-6-4-7-20(16-19)26(27,28)29/h4,6-9,16-18H,3,5,10-15H2,1-2H3,(H,30,34)(H,31,33). The summed E-state index contributed by atoms with van der Waals surface area (Å²) < 4.78 is 44.4. The highest BCUT2D eigenvalue weighted by molar-refractivity contribution is 6.06. The van der Waals surface area contributed by atoms with Crippen molar-refractivity contribution < 1.29 is 27.5 Å². The zero-order chi connectivity index (χ0) is 25.4. The van der Waals surface area contributed by atoms with Gasteiger partial charge in [0.05, 0.1) is 11.1 Å². The molecule has 2 aromatic rings. The van der Waals surface area contributed by atoms with E-state index in [1.54, 1.807) is 18.2 Å². The number of halogens is 3. The van der Waals surface area contributed by atoms with Gasteiger partial charge in [0, 0.05) is 49.8 Å². The third-order valence-corrected chi connectivity index (χ3v) is 6.03. The SMILES string of the molecule is CCOCCCNC(=O)c1cc(NC(=O)c2cccc(C(F)(F)F)c2)ccc1N1CCC(C)CC1. The number of piperidine rings is 1. The van der Waals surface area contributed by atoms with E-state index in [4.69, 9.17) is 4.74 Å². The average molecular weight is 492 g/mol. The predicted octanol–water partition coefficient (Wildman–Crippen LogP) is 5.35. The molecule has 1 saturated heterocycles. The van der Waals surface area contributed by atoms with E-state index in [1.807, 2.05) is 6.92 Å². The van der Waals surface area contributed by atoms with Crippen LogP contribution in [0.3, 0.4) is 0 Å². The first-order valence-corrected chi connectivity index (χ1v) is 11.9. The Morgan fingerprint density at radius 3 is 2.51 bits per heavy atom. The molecule has 0 atom stereocenters.